The van der Waals surface area contributed by atoms with Crippen molar-refractivity contribution in [2.24, 2.45) is 0 Å². The van der Waals surface area contributed by atoms with Gasteiger partial charge in [-0.15, -0.1) is 0 Å². The van der Waals surface area contributed by atoms with Crippen LogP contribution in [0.4, 0.5) is 11.4 Å². The maximum absolute atomic E-state index is 11.0. The molecule has 0 atom stereocenters. The predicted molar refractivity (Wildman–Crippen MR) is 119 cm³/mol. The second-order valence-corrected chi connectivity index (χ2v) is 8.16. The summed E-state index contributed by atoms with van der Waals surface area (Å²) in [5.41, 5.74) is 2.70. The van der Waals surface area contributed by atoms with E-state index in [9.17, 15) is 9.59 Å². The highest BCUT2D eigenvalue weighted by molar-refractivity contribution is 9.10. The first kappa shape index (κ1) is 21.3. The van der Waals surface area contributed by atoms with Gasteiger partial charge in [0.1, 0.15) is 5.15 Å². The largest absolute Gasteiger partial charge is 0.323 e. The van der Waals surface area contributed by atoms with Crippen molar-refractivity contribution in [2.45, 2.75) is 13.8 Å². The topological polar surface area (TPSA) is 92.8 Å². The van der Waals surface area contributed by atoms with E-state index in [1.807, 2.05) is 22.9 Å². The quantitative estimate of drug-likeness (QED) is 0.382. The molecule has 0 saturated carbocycles. The predicted octanol–water partition coefficient (Wildman–Crippen LogP) is 4.76. The van der Waals surface area contributed by atoms with Crippen molar-refractivity contribution >= 4 is 77.9 Å². The molecule has 4 aromatic heterocycles. The molecule has 4 aromatic rings. The summed E-state index contributed by atoms with van der Waals surface area (Å²) in [7, 11) is 0. The number of carbonyl (C=O) groups excluding carboxylic acids is 2. The maximum Gasteiger partial charge on any atom is 0.221 e. The van der Waals surface area contributed by atoms with Crippen molar-refractivity contribution in [3.63, 3.8) is 0 Å². The van der Waals surface area contributed by atoms with Crippen LogP contribution in [-0.2, 0) is 9.59 Å². The lowest BCUT2D eigenvalue weighted by Crippen LogP contribution is -2.07. The molecule has 2 N–H and O–H groups in total. The summed E-state index contributed by atoms with van der Waals surface area (Å²) in [5.74, 6) is -0.248. The number of rotatable bonds is 2. The second kappa shape index (κ2) is 8.93. The van der Waals surface area contributed by atoms with Gasteiger partial charge in [-0.25, -0.2) is 9.97 Å². The van der Waals surface area contributed by atoms with Crippen molar-refractivity contribution in [1.82, 2.24) is 18.8 Å². The molecule has 0 aromatic carbocycles. The van der Waals surface area contributed by atoms with Crippen LogP contribution in [0.15, 0.2) is 52.1 Å². The summed E-state index contributed by atoms with van der Waals surface area (Å²) in [6.07, 6.45) is 8.72. The molecule has 29 heavy (non-hydrogen) atoms. The molecule has 0 saturated heterocycles. The molecule has 11 heteroatoms. The minimum absolute atomic E-state index is 0.104. The Morgan fingerprint density at radius 1 is 0.966 bits per heavy atom. The molecular formula is C18H15Br2ClN6O2. The number of pyridine rings is 2. The highest BCUT2D eigenvalue weighted by Crippen LogP contribution is 2.24. The highest BCUT2D eigenvalue weighted by atomic mass is 79.9. The summed E-state index contributed by atoms with van der Waals surface area (Å²) in [6.45, 7) is 2.92. The number of anilines is 2. The molecule has 150 valence electrons. The third kappa shape index (κ3) is 5.14. The second-order valence-electron chi connectivity index (χ2n) is 5.94. The summed E-state index contributed by atoms with van der Waals surface area (Å²) < 4.78 is 5.25. The van der Waals surface area contributed by atoms with Crippen LogP contribution in [0, 0.1) is 0 Å². The number of halogens is 3. The van der Waals surface area contributed by atoms with Crippen LogP contribution < -0.4 is 10.6 Å². The number of fused-ring (bicyclic) bond motifs is 2. The number of hydrogen-bond acceptors (Lipinski definition) is 4. The number of hydrogen-bond donors (Lipinski definition) is 2. The first-order valence-corrected chi connectivity index (χ1v) is 10.2. The van der Waals surface area contributed by atoms with E-state index in [4.69, 9.17) is 11.6 Å². The molecule has 0 fully saturated rings. The number of aromatic nitrogens is 4. The lowest BCUT2D eigenvalue weighted by Gasteiger charge is -2.05. The Kier molecular flexibility index (Phi) is 6.56. The first-order valence-electron chi connectivity index (χ1n) is 8.24. The SMILES string of the molecule is CC(=O)Nc1cc(Br)cn2c(Cl)cnc12.CC(=O)Nc1cc(Br)cn2ccnc12. The van der Waals surface area contributed by atoms with Crippen LogP contribution in [0.1, 0.15) is 13.8 Å². The normalized spacial score (nSPS) is 10.5. The van der Waals surface area contributed by atoms with Gasteiger partial charge in [0.05, 0.1) is 17.6 Å². The van der Waals surface area contributed by atoms with Crippen molar-refractivity contribution < 1.29 is 9.59 Å². The first-order chi connectivity index (χ1) is 13.7. The number of nitrogens with zero attached hydrogens (tertiary/aromatic N) is 4. The van der Waals surface area contributed by atoms with E-state index in [-0.39, 0.29) is 11.8 Å². The van der Waals surface area contributed by atoms with Gasteiger partial charge in [-0.2, -0.15) is 0 Å². The number of nitrogens with one attached hydrogen (secondary N) is 2. The zero-order valence-corrected chi connectivity index (χ0v) is 19.2. The number of carbonyl (C=O) groups is 2. The van der Waals surface area contributed by atoms with Gasteiger partial charge in [0, 0.05) is 47.6 Å². The molecule has 0 unspecified atom stereocenters. The zero-order valence-electron chi connectivity index (χ0n) is 15.3. The fourth-order valence-electron chi connectivity index (χ4n) is 2.59. The Labute approximate surface area is 187 Å². The van der Waals surface area contributed by atoms with Crippen LogP contribution in [0.5, 0.6) is 0 Å². The van der Waals surface area contributed by atoms with E-state index in [0.717, 1.165) is 14.6 Å². The Balaban J connectivity index is 0.000000166. The summed E-state index contributed by atoms with van der Waals surface area (Å²) in [6, 6.07) is 3.60. The van der Waals surface area contributed by atoms with Crippen LogP contribution >= 0.6 is 43.5 Å². The molecule has 4 heterocycles. The summed E-state index contributed by atoms with van der Waals surface area (Å²) in [5, 5.41) is 5.91. The van der Waals surface area contributed by atoms with Crippen LogP contribution in [0.2, 0.25) is 5.15 Å². The van der Waals surface area contributed by atoms with Gasteiger partial charge in [0.15, 0.2) is 11.3 Å². The van der Waals surface area contributed by atoms with E-state index in [1.165, 1.54) is 20.0 Å². The van der Waals surface area contributed by atoms with E-state index < -0.39 is 0 Å². The molecule has 0 aliphatic heterocycles. The van der Waals surface area contributed by atoms with Crippen LogP contribution in [0.3, 0.4) is 0 Å². The molecule has 0 spiro atoms. The van der Waals surface area contributed by atoms with Gasteiger partial charge < -0.3 is 15.0 Å². The molecule has 0 bridgehead atoms. The molecule has 4 rings (SSSR count). The van der Waals surface area contributed by atoms with Crippen LogP contribution in [0.25, 0.3) is 11.3 Å². The fourth-order valence-corrected chi connectivity index (χ4v) is 3.65. The fraction of sp³-hybridized carbons (Fsp3) is 0.111. The van der Waals surface area contributed by atoms with Crippen molar-refractivity contribution in [3.8, 4) is 0 Å². The van der Waals surface area contributed by atoms with Crippen molar-refractivity contribution in [3.05, 3.63) is 57.2 Å². The Morgan fingerprint density at radius 3 is 2.17 bits per heavy atom. The van der Waals surface area contributed by atoms with Gasteiger partial charge in [-0.3, -0.25) is 14.0 Å². The number of imidazole rings is 2. The monoisotopic (exact) mass is 540 g/mol. The lowest BCUT2D eigenvalue weighted by molar-refractivity contribution is -0.115. The smallest absolute Gasteiger partial charge is 0.221 e. The Hall–Kier alpha value is -2.43. The summed E-state index contributed by atoms with van der Waals surface area (Å²) >= 11 is 12.6. The average Bonchev–Trinajstić information content (AvgIpc) is 3.22. The molecular weight excluding hydrogens is 527 g/mol. The standard InChI is InChI=1S/C9H7BrClN3O.C9H8BrN3O/c1-5(15)13-7-2-6(10)4-14-8(11)3-12-9(7)14;1-6(14)12-8-4-7(10)5-13-3-2-11-9(8)13/h2-4H,1H3,(H,13,15);2-5H,1H3,(H,12,14). The van der Waals surface area contributed by atoms with Gasteiger partial charge in [-0.05, 0) is 44.0 Å². The zero-order chi connectivity index (χ0) is 21.1. The number of amides is 2. The molecule has 0 aliphatic carbocycles. The van der Waals surface area contributed by atoms with Gasteiger partial charge >= 0.3 is 0 Å². The molecule has 0 radical (unpaired) electrons. The van der Waals surface area contributed by atoms with E-state index >= 15 is 0 Å². The van der Waals surface area contributed by atoms with Gasteiger partial charge in [0.2, 0.25) is 11.8 Å². The highest BCUT2D eigenvalue weighted by Gasteiger charge is 2.08. The van der Waals surface area contributed by atoms with Gasteiger partial charge in [-0.1, -0.05) is 11.6 Å². The van der Waals surface area contributed by atoms with E-state index in [2.05, 4.69) is 52.5 Å². The Morgan fingerprint density at radius 2 is 1.55 bits per heavy atom. The van der Waals surface area contributed by atoms with E-state index in [0.29, 0.717) is 22.2 Å². The maximum atomic E-state index is 11.0. The van der Waals surface area contributed by atoms with Crippen LogP contribution in [-0.4, -0.2) is 30.6 Å². The molecule has 2 amide bonds. The van der Waals surface area contributed by atoms with Crippen molar-refractivity contribution in [1.29, 1.82) is 0 Å². The third-order valence-electron chi connectivity index (χ3n) is 3.60. The Bertz CT molecular complexity index is 1220. The van der Waals surface area contributed by atoms with E-state index in [1.54, 1.807) is 22.9 Å². The summed E-state index contributed by atoms with van der Waals surface area (Å²) in [4.78, 5) is 30.2. The third-order valence-corrected chi connectivity index (χ3v) is 4.75. The molecule has 0 aliphatic rings. The minimum atomic E-state index is -0.144. The minimum Gasteiger partial charge on any atom is -0.323 e. The van der Waals surface area contributed by atoms with Gasteiger partial charge in [0.25, 0.3) is 0 Å². The lowest BCUT2D eigenvalue weighted by atomic mass is 10.4. The average molecular weight is 543 g/mol. The van der Waals surface area contributed by atoms with Crippen molar-refractivity contribution in [2.75, 3.05) is 10.6 Å². The molecule has 8 nitrogen and oxygen atoms in total.